The molecule has 0 radical (unpaired) electrons. The van der Waals surface area contributed by atoms with E-state index in [1.165, 1.54) is 5.56 Å². The Labute approximate surface area is 141 Å². The molecule has 0 amide bonds. The summed E-state index contributed by atoms with van der Waals surface area (Å²) in [5, 5.41) is 5.34. The Kier molecular flexibility index (Phi) is 3.90. The molecule has 6 nitrogen and oxygen atoms in total. The van der Waals surface area contributed by atoms with Crippen molar-refractivity contribution in [1.82, 2.24) is 24.6 Å². The first kappa shape index (κ1) is 15.1. The molecule has 1 aromatic carbocycles. The smallest absolute Gasteiger partial charge is 0.163 e. The molecule has 124 valence electrons. The number of fused-ring (bicyclic) bond motifs is 1. The molecule has 1 aliphatic rings. The van der Waals surface area contributed by atoms with E-state index in [-0.39, 0.29) is 0 Å². The highest BCUT2D eigenvalue weighted by Gasteiger charge is 2.24. The van der Waals surface area contributed by atoms with Gasteiger partial charge in [0.2, 0.25) is 0 Å². The molecule has 1 atom stereocenters. The Morgan fingerprint density at radius 3 is 2.50 bits per heavy atom. The number of hydrogen-bond acceptors (Lipinski definition) is 5. The Morgan fingerprint density at radius 1 is 1.00 bits per heavy atom. The van der Waals surface area contributed by atoms with Gasteiger partial charge < -0.3 is 4.90 Å². The van der Waals surface area contributed by atoms with Crippen molar-refractivity contribution in [2.45, 2.75) is 13.0 Å². The van der Waals surface area contributed by atoms with Crippen LogP contribution in [0, 0.1) is 0 Å². The largest absolute Gasteiger partial charge is 0.353 e. The minimum Gasteiger partial charge on any atom is -0.353 e. The summed E-state index contributed by atoms with van der Waals surface area (Å²) in [5.41, 5.74) is 2.27. The fraction of sp³-hybridized carbons (Fsp3) is 0.389. The molecule has 0 saturated carbocycles. The van der Waals surface area contributed by atoms with Crippen molar-refractivity contribution in [3.8, 4) is 0 Å². The van der Waals surface area contributed by atoms with E-state index < -0.39 is 0 Å². The number of anilines is 1. The summed E-state index contributed by atoms with van der Waals surface area (Å²) < 4.78 is 1.80. The van der Waals surface area contributed by atoms with Crippen molar-refractivity contribution in [2.75, 3.05) is 31.1 Å². The number of benzene rings is 1. The summed E-state index contributed by atoms with van der Waals surface area (Å²) in [5.74, 6) is 1.00. The van der Waals surface area contributed by atoms with Crippen LogP contribution in [-0.2, 0) is 7.05 Å². The molecule has 2 aromatic heterocycles. The zero-order chi connectivity index (χ0) is 16.5. The van der Waals surface area contributed by atoms with Crippen molar-refractivity contribution in [3.05, 3.63) is 48.4 Å². The van der Waals surface area contributed by atoms with Crippen molar-refractivity contribution in [2.24, 2.45) is 7.05 Å². The third-order valence-corrected chi connectivity index (χ3v) is 4.95. The fourth-order valence-corrected chi connectivity index (χ4v) is 3.47. The van der Waals surface area contributed by atoms with Gasteiger partial charge in [0, 0.05) is 39.3 Å². The maximum Gasteiger partial charge on any atom is 0.163 e. The summed E-state index contributed by atoms with van der Waals surface area (Å²) >= 11 is 0. The van der Waals surface area contributed by atoms with E-state index in [9.17, 15) is 0 Å². The van der Waals surface area contributed by atoms with Gasteiger partial charge in [0.1, 0.15) is 12.1 Å². The topological polar surface area (TPSA) is 50.1 Å². The molecular formula is C18H22N6. The predicted octanol–water partition coefficient (Wildman–Crippen LogP) is 2.25. The van der Waals surface area contributed by atoms with Crippen molar-refractivity contribution in [3.63, 3.8) is 0 Å². The minimum atomic E-state index is 0.442. The van der Waals surface area contributed by atoms with Crippen molar-refractivity contribution >= 4 is 16.9 Å². The average Bonchev–Trinajstić information content (AvgIpc) is 3.03. The van der Waals surface area contributed by atoms with Crippen molar-refractivity contribution in [1.29, 1.82) is 0 Å². The normalized spacial score (nSPS) is 17.3. The minimum absolute atomic E-state index is 0.442. The molecule has 3 aromatic rings. The van der Waals surface area contributed by atoms with Crippen LogP contribution in [0.2, 0.25) is 0 Å². The van der Waals surface area contributed by atoms with Crippen molar-refractivity contribution < 1.29 is 0 Å². The first-order valence-electron chi connectivity index (χ1n) is 8.40. The zero-order valence-corrected chi connectivity index (χ0v) is 14.1. The summed E-state index contributed by atoms with van der Waals surface area (Å²) in [7, 11) is 1.92. The fourth-order valence-electron chi connectivity index (χ4n) is 3.47. The van der Waals surface area contributed by atoms with Gasteiger partial charge in [-0.2, -0.15) is 5.10 Å². The number of nitrogens with zero attached hydrogens (tertiary/aromatic N) is 6. The highest BCUT2D eigenvalue weighted by molar-refractivity contribution is 5.86. The van der Waals surface area contributed by atoms with E-state index in [4.69, 9.17) is 0 Å². The average molecular weight is 322 g/mol. The van der Waals surface area contributed by atoms with E-state index in [1.807, 2.05) is 13.2 Å². The number of rotatable bonds is 3. The Balaban J connectivity index is 1.50. The van der Waals surface area contributed by atoms with E-state index in [1.54, 1.807) is 11.0 Å². The van der Waals surface area contributed by atoms with Crippen LogP contribution in [0.25, 0.3) is 11.0 Å². The Morgan fingerprint density at radius 2 is 1.75 bits per heavy atom. The molecule has 0 N–H and O–H groups in total. The molecule has 1 aliphatic heterocycles. The van der Waals surface area contributed by atoms with Crippen LogP contribution in [0.1, 0.15) is 18.5 Å². The lowest BCUT2D eigenvalue weighted by atomic mass is 10.1. The Hall–Kier alpha value is -2.47. The van der Waals surface area contributed by atoms with Crippen LogP contribution >= 0.6 is 0 Å². The summed E-state index contributed by atoms with van der Waals surface area (Å²) in [4.78, 5) is 13.7. The highest BCUT2D eigenvalue weighted by Crippen LogP contribution is 2.26. The van der Waals surface area contributed by atoms with Crippen LogP contribution in [-0.4, -0.2) is 50.8 Å². The van der Waals surface area contributed by atoms with E-state index in [2.05, 4.69) is 62.1 Å². The van der Waals surface area contributed by atoms with Gasteiger partial charge in [0.15, 0.2) is 5.65 Å². The van der Waals surface area contributed by atoms with Gasteiger partial charge >= 0.3 is 0 Å². The summed E-state index contributed by atoms with van der Waals surface area (Å²) in [6, 6.07) is 11.2. The van der Waals surface area contributed by atoms with Crippen LogP contribution in [0.3, 0.4) is 0 Å². The monoisotopic (exact) mass is 322 g/mol. The molecule has 0 spiro atoms. The van der Waals surface area contributed by atoms with Gasteiger partial charge in [-0.15, -0.1) is 0 Å². The Bertz CT molecular complexity index is 820. The van der Waals surface area contributed by atoms with Gasteiger partial charge in [0.25, 0.3) is 0 Å². The molecule has 24 heavy (non-hydrogen) atoms. The van der Waals surface area contributed by atoms with Gasteiger partial charge in [-0.1, -0.05) is 30.3 Å². The van der Waals surface area contributed by atoms with Crippen LogP contribution in [0.4, 0.5) is 5.82 Å². The number of piperazine rings is 1. The van der Waals surface area contributed by atoms with Gasteiger partial charge in [-0.25, -0.2) is 9.97 Å². The zero-order valence-electron chi connectivity index (χ0n) is 14.1. The highest BCUT2D eigenvalue weighted by atomic mass is 15.3. The first-order chi connectivity index (χ1) is 11.7. The molecule has 1 unspecified atom stereocenters. The third-order valence-electron chi connectivity index (χ3n) is 4.95. The molecule has 3 heterocycles. The second-order valence-electron chi connectivity index (χ2n) is 6.31. The lowest BCUT2D eigenvalue weighted by Crippen LogP contribution is -2.47. The van der Waals surface area contributed by atoms with E-state index in [0.29, 0.717) is 6.04 Å². The van der Waals surface area contributed by atoms with Crippen LogP contribution < -0.4 is 4.90 Å². The number of hydrogen-bond donors (Lipinski definition) is 0. The molecule has 1 fully saturated rings. The van der Waals surface area contributed by atoms with Gasteiger partial charge in [-0.3, -0.25) is 9.58 Å². The maximum absolute atomic E-state index is 4.51. The van der Waals surface area contributed by atoms with E-state index >= 15 is 0 Å². The van der Waals surface area contributed by atoms with Crippen LogP contribution in [0.15, 0.2) is 42.9 Å². The molecule has 4 rings (SSSR count). The number of aromatic nitrogens is 4. The molecule has 1 saturated heterocycles. The van der Waals surface area contributed by atoms with Crippen LogP contribution in [0.5, 0.6) is 0 Å². The molecule has 6 heteroatoms. The maximum atomic E-state index is 4.51. The second kappa shape index (κ2) is 6.20. The molecular weight excluding hydrogens is 300 g/mol. The third kappa shape index (κ3) is 2.63. The number of aryl methyl sites for hydroxylation is 1. The van der Waals surface area contributed by atoms with Gasteiger partial charge in [0.05, 0.1) is 11.6 Å². The lowest BCUT2D eigenvalue weighted by Gasteiger charge is -2.38. The predicted molar refractivity (Wildman–Crippen MR) is 94.9 cm³/mol. The lowest BCUT2D eigenvalue weighted by molar-refractivity contribution is 0.198. The second-order valence-corrected chi connectivity index (χ2v) is 6.31. The molecule has 0 aliphatic carbocycles. The van der Waals surface area contributed by atoms with E-state index in [0.717, 1.165) is 43.0 Å². The van der Waals surface area contributed by atoms with Gasteiger partial charge in [-0.05, 0) is 12.5 Å². The SMILES string of the molecule is CC(c1ccccc1)N1CCN(c2ncnc3c2cnn3C)CC1. The quantitative estimate of drug-likeness (QED) is 0.740. The molecule has 0 bridgehead atoms. The summed E-state index contributed by atoms with van der Waals surface area (Å²) in [6.07, 6.45) is 3.50. The standard InChI is InChI=1S/C18H22N6/c1-14(15-6-4-3-5-7-15)23-8-10-24(11-9-23)18-16-12-21-22(2)17(16)19-13-20-18/h3-7,12-14H,8-11H2,1-2H3. The first-order valence-corrected chi connectivity index (χ1v) is 8.40. The summed E-state index contributed by atoms with van der Waals surface area (Å²) in [6.45, 7) is 6.29.